The molecule has 166 valence electrons. The molecule has 0 aromatic heterocycles. The Morgan fingerprint density at radius 2 is 1.55 bits per heavy atom. The highest BCUT2D eigenvalue weighted by molar-refractivity contribution is 7.89. The van der Waals surface area contributed by atoms with Gasteiger partial charge in [-0.25, -0.2) is 13.1 Å². The summed E-state index contributed by atoms with van der Waals surface area (Å²) in [5.41, 5.74) is 1.95. The van der Waals surface area contributed by atoms with Gasteiger partial charge < -0.3 is 14.4 Å². The number of hydrogen-bond acceptors (Lipinski definition) is 5. The zero-order chi connectivity index (χ0) is 22.4. The van der Waals surface area contributed by atoms with Crippen LogP contribution < -0.4 is 19.1 Å². The highest BCUT2D eigenvalue weighted by Gasteiger charge is 2.18. The van der Waals surface area contributed by atoms with E-state index >= 15 is 0 Å². The van der Waals surface area contributed by atoms with E-state index in [4.69, 9.17) is 9.47 Å². The summed E-state index contributed by atoms with van der Waals surface area (Å²) in [4.78, 5) is 2.27. The van der Waals surface area contributed by atoms with Crippen molar-refractivity contribution in [3.63, 3.8) is 0 Å². The topological polar surface area (TPSA) is 67.9 Å². The largest absolute Gasteiger partial charge is 0.490 e. The van der Waals surface area contributed by atoms with E-state index in [9.17, 15) is 8.42 Å². The molecule has 0 heterocycles. The summed E-state index contributed by atoms with van der Waals surface area (Å²) in [5.74, 6) is 1.37. The number of sulfonamides is 1. The molecule has 0 unspecified atom stereocenters. The van der Waals surface area contributed by atoms with Gasteiger partial charge in [0.2, 0.25) is 10.0 Å². The lowest BCUT2D eigenvalue weighted by molar-refractivity contribution is 0.287. The Kier molecular flexibility index (Phi) is 7.41. The van der Waals surface area contributed by atoms with Crippen LogP contribution in [0.2, 0.25) is 0 Å². The van der Waals surface area contributed by atoms with Crippen molar-refractivity contribution < 1.29 is 17.9 Å². The summed E-state index contributed by atoms with van der Waals surface area (Å²) in [6, 6.07) is 16.8. The van der Waals surface area contributed by atoms with E-state index in [1.54, 1.807) is 12.1 Å². The minimum Gasteiger partial charge on any atom is -0.490 e. The lowest BCUT2D eigenvalue weighted by atomic mass is 10.1. The van der Waals surface area contributed by atoms with Gasteiger partial charge in [0, 0.05) is 37.1 Å². The summed E-state index contributed by atoms with van der Waals surface area (Å²) in [6.07, 6.45) is 0.541. The third-order valence-electron chi connectivity index (χ3n) is 4.94. The molecule has 3 aromatic carbocycles. The van der Waals surface area contributed by atoms with Crippen molar-refractivity contribution in [3.8, 4) is 11.5 Å². The van der Waals surface area contributed by atoms with Crippen LogP contribution >= 0.6 is 0 Å². The predicted octanol–water partition coefficient (Wildman–Crippen LogP) is 4.22. The maximum atomic E-state index is 13.1. The number of rotatable bonds is 10. The lowest BCUT2D eigenvalue weighted by Gasteiger charge is -2.17. The van der Waals surface area contributed by atoms with Crippen molar-refractivity contribution in [1.29, 1.82) is 0 Å². The first-order valence-electron chi connectivity index (χ1n) is 10.4. The first kappa shape index (κ1) is 22.9. The SMILES string of the molecule is CCOc1ccc(CCNS(=O)(=O)c2cccc3c(N(C)C)cccc23)cc1OCC. The van der Waals surface area contributed by atoms with Gasteiger partial charge in [-0.05, 0) is 50.1 Å². The number of anilines is 1. The van der Waals surface area contributed by atoms with Crippen molar-refractivity contribution in [3.05, 3.63) is 60.2 Å². The van der Waals surface area contributed by atoms with E-state index in [0.717, 1.165) is 16.6 Å². The summed E-state index contributed by atoms with van der Waals surface area (Å²) >= 11 is 0. The molecule has 1 N–H and O–H groups in total. The van der Waals surface area contributed by atoms with Gasteiger partial charge in [0.15, 0.2) is 11.5 Å². The monoisotopic (exact) mass is 442 g/mol. The zero-order valence-corrected chi connectivity index (χ0v) is 19.3. The maximum absolute atomic E-state index is 13.1. The first-order chi connectivity index (χ1) is 14.9. The van der Waals surface area contributed by atoms with Crippen LogP contribution in [0.15, 0.2) is 59.5 Å². The van der Waals surface area contributed by atoms with Crippen LogP contribution in [-0.2, 0) is 16.4 Å². The molecule has 0 fully saturated rings. The van der Waals surface area contributed by atoms with Crippen molar-refractivity contribution in [2.24, 2.45) is 0 Å². The average molecular weight is 443 g/mol. The van der Waals surface area contributed by atoms with Gasteiger partial charge in [-0.2, -0.15) is 0 Å². The number of fused-ring (bicyclic) bond motifs is 1. The van der Waals surface area contributed by atoms with Crippen LogP contribution in [0.3, 0.4) is 0 Å². The number of nitrogens with zero attached hydrogens (tertiary/aromatic N) is 1. The van der Waals surface area contributed by atoms with Crippen LogP contribution in [-0.4, -0.2) is 42.3 Å². The van der Waals surface area contributed by atoms with E-state index in [2.05, 4.69) is 4.72 Å². The molecule has 7 heteroatoms. The highest BCUT2D eigenvalue weighted by atomic mass is 32.2. The molecule has 0 saturated heterocycles. The molecule has 3 aromatic rings. The third-order valence-corrected chi connectivity index (χ3v) is 6.46. The van der Waals surface area contributed by atoms with Crippen LogP contribution in [0.4, 0.5) is 5.69 Å². The second-order valence-electron chi connectivity index (χ2n) is 7.32. The molecular weight excluding hydrogens is 412 g/mol. The van der Waals surface area contributed by atoms with Gasteiger partial charge in [-0.1, -0.05) is 30.3 Å². The number of ether oxygens (including phenoxy) is 2. The molecule has 0 aliphatic heterocycles. The van der Waals surface area contributed by atoms with Gasteiger partial charge in [0.1, 0.15) is 0 Å². The van der Waals surface area contributed by atoms with E-state index in [0.29, 0.717) is 36.5 Å². The molecule has 0 spiro atoms. The van der Waals surface area contributed by atoms with Crippen LogP contribution in [0.1, 0.15) is 19.4 Å². The van der Waals surface area contributed by atoms with Gasteiger partial charge >= 0.3 is 0 Å². The van der Waals surface area contributed by atoms with E-state index in [1.807, 2.05) is 75.3 Å². The minimum atomic E-state index is -3.66. The Labute approximate surface area is 184 Å². The predicted molar refractivity (Wildman–Crippen MR) is 126 cm³/mol. The van der Waals surface area contributed by atoms with Crippen LogP contribution in [0.25, 0.3) is 10.8 Å². The van der Waals surface area contributed by atoms with Crippen molar-refractivity contribution in [2.75, 3.05) is 38.8 Å². The fraction of sp³-hybridized carbons (Fsp3) is 0.333. The number of benzene rings is 3. The Balaban J connectivity index is 1.78. The van der Waals surface area contributed by atoms with E-state index < -0.39 is 10.0 Å². The summed E-state index contributed by atoms with van der Waals surface area (Å²) in [6.45, 7) is 5.22. The molecule has 0 saturated carbocycles. The second kappa shape index (κ2) is 10.0. The molecule has 0 radical (unpaired) electrons. The Morgan fingerprint density at radius 1 is 0.871 bits per heavy atom. The normalized spacial score (nSPS) is 11.5. The fourth-order valence-corrected chi connectivity index (χ4v) is 4.80. The van der Waals surface area contributed by atoms with E-state index in [-0.39, 0.29) is 11.4 Å². The fourth-order valence-electron chi connectivity index (χ4n) is 3.55. The molecule has 0 bridgehead atoms. The van der Waals surface area contributed by atoms with Crippen LogP contribution in [0.5, 0.6) is 11.5 Å². The molecule has 0 aliphatic carbocycles. The molecule has 31 heavy (non-hydrogen) atoms. The lowest BCUT2D eigenvalue weighted by Crippen LogP contribution is -2.26. The van der Waals surface area contributed by atoms with Gasteiger partial charge in [-0.3, -0.25) is 0 Å². The van der Waals surface area contributed by atoms with Crippen LogP contribution in [0, 0.1) is 0 Å². The smallest absolute Gasteiger partial charge is 0.241 e. The van der Waals surface area contributed by atoms with Gasteiger partial charge in [0.25, 0.3) is 0 Å². The number of hydrogen-bond donors (Lipinski definition) is 1. The molecular formula is C24H30N2O4S. The zero-order valence-electron chi connectivity index (χ0n) is 18.5. The summed E-state index contributed by atoms with van der Waals surface area (Å²) in [7, 11) is 0.231. The number of nitrogens with one attached hydrogen (secondary N) is 1. The first-order valence-corrected chi connectivity index (χ1v) is 11.9. The molecule has 0 amide bonds. The average Bonchev–Trinajstić information content (AvgIpc) is 2.74. The third kappa shape index (κ3) is 5.29. The Morgan fingerprint density at radius 3 is 2.26 bits per heavy atom. The standard InChI is InChI=1S/C24H30N2O4S/c1-5-29-22-14-13-18(17-23(22)30-6-2)15-16-25-31(27,28)24-12-8-9-19-20(24)10-7-11-21(19)26(3)4/h7-14,17,25H,5-6,15-16H2,1-4H3. The second-order valence-corrected chi connectivity index (χ2v) is 9.05. The molecule has 3 rings (SSSR count). The summed E-state index contributed by atoms with van der Waals surface area (Å²) in [5, 5.41) is 1.61. The Bertz CT molecular complexity index is 1140. The van der Waals surface area contributed by atoms with Crippen molar-refractivity contribution in [1.82, 2.24) is 4.72 Å². The molecule has 0 aliphatic rings. The Hall–Kier alpha value is -2.77. The maximum Gasteiger partial charge on any atom is 0.241 e. The minimum absolute atomic E-state index is 0.283. The molecule has 0 atom stereocenters. The van der Waals surface area contributed by atoms with Crippen molar-refractivity contribution >= 4 is 26.5 Å². The van der Waals surface area contributed by atoms with E-state index in [1.165, 1.54) is 0 Å². The highest BCUT2D eigenvalue weighted by Crippen LogP contribution is 2.31. The van der Waals surface area contributed by atoms with Gasteiger partial charge in [-0.15, -0.1) is 0 Å². The van der Waals surface area contributed by atoms with Gasteiger partial charge in [0.05, 0.1) is 18.1 Å². The van der Waals surface area contributed by atoms with Crippen molar-refractivity contribution in [2.45, 2.75) is 25.2 Å². The summed E-state index contributed by atoms with van der Waals surface area (Å²) < 4.78 is 40.1. The molecule has 6 nitrogen and oxygen atoms in total. The quantitative estimate of drug-likeness (QED) is 0.509.